The first-order chi connectivity index (χ1) is 18.2. The van der Waals surface area contributed by atoms with Gasteiger partial charge in [-0.25, -0.2) is 0 Å². The molecule has 0 amide bonds. The van der Waals surface area contributed by atoms with Gasteiger partial charge in [0.15, 0.2) is 0 Å². The summed E-state index contributed by atoms with van der Waals surface area (Å²) in [7, 11) is 0. The Morgan fingerprint density at radius 1 is 0.297 bits per heavy atom. The molecule has 0 unspecified atom stereocenters. The molecule has 0 aromatic rings. The molecule has 0 N–H and O–H groups in total. The van der Waals surface area contributed by atoms with E-state index in [-0.39, 0.29) is 21.1 Å². The molecule has 0 saturated carbocycles. The summed E-state index contributed by atoms with van der Waals surface area (Å²) >= 11 is 9.97. The van der Waals surface area contributed by atoms with E-state index in [1.165, 1.54) is 167 Å². The Hall–Kier alpha value is 1.50. The van der Waals surface area contributed by atoms with E-state index in [0.29, 0.717) is 0 Å². The molecule has 3 heteroatoms. The maximum atomic E-state index is 4.91. The van der Waals surface area contributed by atoms with Crippen molar-refractivity contribution in [3.63, 3.8) is 0 Å². The Bertz CT molecular complexity index is 271. The number of hydrogen-bond acceptors (Lipinski definition) is 2. The molecule has 0 aromatic carbocycles. The standard InChI is InChI=1S/2C13H28S.2C4H9.Sn/c2*1-2-3-4-5-6-7-8-9-10-11-12-13-14;2*1-3-4-2;/h2*14H,2-13H2,1H3;2*1,3-4H2,2H3;/q;;;;+2/p-2. The molecule has 0 aliphatic heterocycles. The van der Waals surface area contributed by atoms with Crippen LogP contribution in [0.5, 0.6) is 0 Å². The Labute approximate surface area is 259 Å². The Morgan fingerprint density at radius 2 is 0.514 bits per heavy atom. The van der Waals surface area contributed by atoms with Crippen molar-refractivity contribution >= 4 is 46.4 Å². The zero-order valence-corrected chi connectivity index (χ0v) is 31.0. The van der Waals surface area contributed by atoms with Gasteiger partial charge in [0.1, 0.15) is 0 Å². The van der Waals surface area contributed by atoms with Crippen molar-refractivity contribution < 1.29 is 0 Å². The second kappa shape index (κ2) is 47.3. The average molecular weight is 664 g/mol. The fourth-order valence-corrected chi connectivity index (χ4v) is 8.83. The summed E-state index contributed by atoms with van der Waals surface area (Å²) in [6.07, 6.45) is 36.9. The first kappa shape index (κ1) is 43.0. The van der Waals surface area contributed by atoms with Crippen LogP contribution in [-0.4, -0.2) is 32.6 Å². The van der Waals surface area contributed by atoms with Crippen LogP contribution in [-0.2, 0) is 25.3 Å². The molecule has 0 fully saturated rings. The molecule has 0 aliphatic carbocycles. The SMILES string of the molecule is CCCCCCCCCCCCC[S-].CCCCCCCCCCCCC[S-].CCC[CH2][Sn+2][CH2]CCC. The molecule has 0 heterocycles. The summed E-state index contributed by atoms with van der Waals surface area (Å²) in [4.78, 5) is 0. The predicted molar refractivity (Wildman–Crippen MR) is 183 cm³/mol. The minimum atomic E-state index is 0.149. The first-order valence-corrected chi connectivity index (χ1v) is 22.3. The predicted octanol–water partition coefficient (Wildman–Crippen LogP) is 12.8. The van der Waals surface area contributed by atoms with Crippen LogP contribution in [0.15, 0.2) is 0 Å². The summed E-state index contributed by atoms with van der Waals surface area (Å²) in [5, 5.41) is 0. The van der Waals surface area contributed by atoms with Crippen LogP contribution in [0.3, 0.4) is 0 Å². The Morgan fingerprint density at radius 3 is 0.730 bits per heavy atom. The van der Waals surface area contributed by atoms with Gasteiger partial charge in [-0.05, 0) is 0 Å². The van der Waals surface area contributed by atoms with Crippen molar-refractivity contribution in [3.05, 3.63) is 0 Å². The topological polar surface area (TPSA) is 0 Å². The molecule has 0 spiro atoms. The molecule has 0 nitrogen and oxygen atoms in total. The van der Waals surface area contributed by atoms with Crippen LogP contribution in [0.4, 0.5) is 0 Å². The molecule has 37 heavy (non-hydrogen) atoms. The first-order valence-electron chi connectivity index (χ1n) is 17.1. The Kier molecular flexibility index (Phi) is 54.9. The second-order valence-corrected chi connectivity index (χ2v) is 16.0. The fourth-order valence-electron chi connectivity index (χ4n) is 4.26. The molecular weight excluding hydrogens is 591 g/mol. The van der Waals surface area contributed by atoms with Crippen LogP contribution in [0, 0.1) is 0 Å². The van der Waals surface area contributed by atoms with E-state index >= 15 is 0 Å². The monoisotopic (exact) mass is 664 g/mol. The van der Waals surface area contributed by atoms with Crippen molar-refractivity contribution in [1.29, 1.82) is 0 Å². The van der Waals surface area contributed by atoms with E-state index in [0.717, 1.165) is 11.5 Å². The van der Waals surface area contributed by atoms with E-state index in [1.807, 2.05) is 0 Å². The molecule has 0 rings (SSSR count). The number of rotatable bonds is 28. The van der Waals surface area contributed by atoms with Crippen LogP contribution in [0.1, 0.15) is 195 Å². The second-order valence-electron chi connectivity index (χ2n) is 10.9. The van der Waals surface area contributed by atoms with Crippen molar-refractivity contribution in [1.82, 2.24) is 0 Å². The molecule has 0 aromatic heterocycles. The zero-order valence-electron chi connectivity index (χ0n) is 26.5. The van der Waals surface area contributed by atoms with Gasteiger partial charge in [-0.15, -0.1) is 0 Å². The van der Waals surface area contributed by atoms with E-state index in [9.17, 15) is 0 Å². The van der Waals surface area contributed by atoms with Crippen LogP contribution >= 0.6 is 0 Å². The van der Waals surface area contributed by atoms with Gasteiger partial charge >= 0.3 is 69.5 Å². The molecule has 224 valence electrons. The molecule has 0 saturated heterocycles. The third-order valence-electron chi connectivity index (χ3n) is 6.91. The van der Waals surface area contributed by atoms with Gasteiger partial charge in [0.2, 0.25) is 0 Å². The van der Waals surface area contributed by atoms with Gasteiger partial charge in [-0.2, -0.15) is 11.5 Å². The summed E-state index contributed by atoms with van der Waals surface area (Å²) in [6, 6.07) is 0. The van der Waals surface area contributed by atoms with Gasteiger partial charge in [0, 0.05) is 0 Å². The van der Waals surface area contributed by atoms with Crippen LogP contribution in [0.25, 0.3) is 0 Å². The van der Waals surface area contributed by atoms with Crippen molar-refractivity contribution in [2.45, 2.75) is 204 Å². The Balaban J connectivity index is -0.000000481. The third-order valence-corrected chi connectivity index (χ3v) is 11.5. The summed E-state index contributed by atoms with van der Waals surface area (Å²) < 4.78 is 3.25. The van der Waals surface area contributed by atoms with E-state index in [1.54, 1.807) is 8.87 Å². The van der Waals surface area contributed by atoms with Gasteiger partial charge < -0.3 is 25.3 Å². The number of unbranched alkanes of at least 4 members (excludes halogenated alkanes) is 22. The molecule has 0 bridgehead atoms. The number of hydrogen-bond donors (Lipinski definition) is 0. The van der Waals surface area contributed by atoms with E-state index < -0.39 is 0 Å². The fraction of sp³-hybridized carbons (Fsp3) is 1.00. The van der Waals surface area contributed by atoms with E-state index in [4.69, 9.17) is 25.3 Å². The van der Waals surface area contributed by atoms with Crippen LogP contribution in [0.2, 0.25) is 8.87 Å². The third kappa shape index (κ3) is 54.3. The molecule has 0 aliphatic rings. The normalized spacial score (nSPS) is 10.3. The van der Waals surface area contributed by atoms with Gasteiger partial charge in [-0.1, -0.05) is 155 Å². The average Bonchev–Trinajstić information content (AvgIpc) is 2.91. The van der Waals surface area contributed by atoms with Crippen molar-refractivity contribution in [3.8, 4) is 0 Å². The minimum absolute atomic E-state index is 0.149. The molecular formula is C34H72S2Sn. The zero-order chi connectivity index (χ0) is 27.9. The van der Waals surface area contributed by atoms with Crippen LogP contribution < -0.4 is 0 Å². The van der Waals surface area contributed by atoms with Crippen molar-refractivity contribution in [2.24, 2.45) is 0 Å². The summed E-state index contributed by atoms with van der Waals surface area (Å²) in [5.41, 5.74) is 0. The molecule has 0 atom stereocenters. The van der Waals surface area contributed by atoms with Gasteiger partial charge in [0.25, 0.3) is 0 Å². The van der Waals surface area contributed by atoms with Gasteiger partial charge in [-0.3, -0.25) is 0 Å². The van der Waals surface area contributed by atoms with Gasteiger partial charge in [0.05, 0.1) is 0 Å². The van der Waals surface area contributed by atoms with Crippen molar-refractivity contribution in [2.75, 3.05) is 11.5 Å². The summed E-state index contributed by atoms with van der Waals surface area (Å²) in [6.45, 7) is 9.14. The summed E-state index contributed by atoms with van der Waals surface area (Å²) in [5.74, 6) is 1.91. The maximum absolute atomic E-state index is 4.91. The molecule has 0 radical (unpaired) electrons. The quantitative estimate of drug-likeness (QED) is 0.0464. The van der Waals surface area contributed by atoms with E-state index in [2.05, 4.69) is 27.7 Å².